The first-order chi connectivity index (χ1) is 16.5. The first-order valence-electron chi connectivity index (χ1n) is 11.1. The van der Waals surface area contributed by atoms with Crippen LogP contribution in [0.2, 0.25) is 0 Å². The van der Waals surface area contributed by atoms with Crippen LogP contribution in [-0.2, 0) is 19.5 Å². The fraction of sp³-hybridized carbons (Fsp3) is 0.333. The maximum Gasteiger partial charge on any atom is 0.129 e. The lowest BCUT2D eigenvalue weighted by Crippen LogP contribution is -2.20. The molecule has 7 heteroatoms. The molecule has 1 atom stereocenters. The van der Waals surface area contributed by atoms with Crippen molar-refractivity contribution < 1.29 is 14.6 Å². The molecule has 0 saturated heterocycles. The minimum Gasteiger partial charge on any atom is -0.497 e. The third kappa shape index (κ3) is 9.95. The summed E-state index contributed by atoms with van der Waals surface area (Å²) in [5.41, 5.74) is 3.57. The predicted molar refractivity (Wildman–Crippen MR) is 140 cm³/mol. The van der Waals surface area contributed by atoms with Crippen molar-refractivity contribution in [3.63, 3.8) is 0 Å². The first-order valence-corrected chi connectivity index (χ1v) is 12.0. The SMILES string of the molecule is C=CCO.COc1ccc(CN(Cc2ccc(OC)cc2)SC(C)Cc2ncc(C)cn2)cc1. The van der Waals surface area contributed by atoms with Gasteiger partial charge in [0.15, 0.2) is 0 Å². The van der Waals surface area contributed by atoms with E-state index in [1.165, 1.54) is 17.2 Å². The topological polar surface area (TPSA) is 67.7 Å². The molecular formula is C27H35N3O3S. The van der Waals surface area contributed by atoms with Crippen LogP contribution < -0.4 is 9.47 Å². The Hall–Kier alpha value is -2.87. The van der Waals surface area contributed by atoms with E-state index < -0.39 is 0 Å². The van der Waals surface area contributed by atoms with Crippen LogP contribution in [0.5, 0.6) is 11.5 Å². The molecule has 1 aromatic heterocycles. The fourth-order valence-electron chi connectivity index (χ4n) is 3.07. The lowest BCUT2D eigenvalue weighted by molar-refractivity contribution is 0.343. The van der Waals surface area contributed by atoms with Crippen molar-refractivity contribution >= 4 is 11.9 Å². The molecule has 0 bridgehead atoms. The van der Waals surface area contributed by atoms with Gasteiger partial charge in [-0.25, -0.2) is 14.3 Å². The number of rotatable bonds is 11. The van der Waals surface area contributed by atoms with E-state index in [0.717, 1.165) is 42.4 Å². The number of aliphatic hydroxyl groups excluding tert-OH is 1. The molecule has 3 aromatic rings. The third-order valence-corrected chi connectivity index (χ3v) is 5.88. The molecule has 6 nitrogen and oxygen atoms in total. The standard InChI is InChI=1S/C24H29N3O2S.C3H6O/c1-18-14-25-24(26-15-18)13-19(2)30-27(16-20-5-9-22(28-3)10-6-20)17-21-7-11-23(29-4)12-8-21;1-2-3-4/h5-12,14-15,19H,13,16-17H2,1-4H3;2,4H,1,3H2. The van der Waals surface area contributed by atoms with E-state index in [4.69, 9.17) is 14.6 Å². The zero-order valence-corrected chi connectivity index (χ0v) is 21.3. The Balaban J connectivity index is 0.000000945. The lowest BCUT2D eigenvalue weighted by atomic mass is 10.2. The van der Waals surface area contributed by atoms with E-state index in [1.54, 1.807) is 14.2 Å². The second-order valence-corrected chi connectivity index (χ2v) is 9.29. The molecule has 1 unspecified atom stereocenters. The molecule has 0 aliphatic heterocycles. The molecular weight excluding hydrogens is 446 g/mol. The molecule has 0 aliphatic rings. The smallest absolute Gasteiger partial charge is 0.129 e. The molecule has 0 spiro atoms. The number of ether oxygens (including phenoxy) is 2. The van der Waals surface area contributed by atoms with Gasteiger partial charge in [-0.3, -0.25) is 0 Å². The maximum absolute atomic E-state index is 7.76. The molecule has 0 aliphatic carbocycles. The maximum atomic E-state index is 7.76. The number of aromatic nitrogens is 2. The van der Waals surface area contributed by atoms with E-state index in [9.17, 15) is 0 Å². The van der Waals surface area contributed by atoms with Crippen molar-refractivity contribution in [1.29, 1.82) is 0 Å². The van der Waals surface area contributed by atoms with Crippen LogP contribution >= 0.6 is 11.9 Å². The van der Waals surface area contributed by atoms with Gasteiger partial charge < -0.3 is 14.6 Å². The number of benzene rings is 2. The third-order valence-electron chi connectivity index (χ3n) is 4.80. The normalized spacial score (nSPS) is 11.4. The minimum absolute atomic E-state index is 0.0833. The summed E-state index contributed by atoms with van der Waals surface area (Å²) < 4.78 is 13.0. The number of aryl methyl sites for hydroxylation is 1. The van der Waals surface area contributed by atoms with E-state index >= 15 is 0 Å². The number of nitrogens with zero attached hydrogens (tertiary/aromatic N) is 3. The van der Waals surface area contributed by atoms with Gasteiger partial charge in [0.25, 0.3) is 0 Å². The average Bonchev–Trinajstić information content (AvgIpc) is 2.86. The zero-order valence-electron chi connectivity index (χ0n) is 20.5. The van der Waals surface area contributed by atoms with Gasteiger partial charge in [-0.15, -0.1) is 6.58 Å². The highest BCUT2D eigenvalue weighted by Gasteiger charge is 2.15. The summed E-state index contributed by atoms with van der Waals surface area (Å²) in [4.78, 5) is 8.92. The minimum atomic E-state index is 0.0833. The summed E-state index contributed by atoms with van der Waals surface area (Å²) >= 11 is 1.84. The van der Waals surface area contributed by atoms with E-state index in [-0.39, 0.29) is 6.61 Å². The van der Waals surface area contributed by atoms with Crippen molar-refractivity contribution in [2.75, 3.05) is 20.8 Å². The summed E-state index contributed by atoms with van der Waals surface area (Å²) in [6.45, 7) is 9.21. The Morgan fingerprint density at radius 3 is 1.76 bits per heavy atom. The fourth-order valence-corrected chi connectivity index (χ4v) is 4.25. The highest BCUT2D eigenvalue weighted by molar-refractivity contribution is 7.97. The molecule has 3 rings (SSSR count). The highest BCUT2D eigenvalue weighted by Crippen LogP contribution is 2.26. The van der Waals surface area contributed by atoms with Crippen molar-refractivity contribution in [3.8, 4) is 11.5 Å². The first kappa shape index (κ1) is 27.4. The molecule has 0 radical (unpaired) electrons. The molecule has 1 N–H and O–H groups in total. The second kappa shape index (κ2) is 15.1. The summed E-state index contributed by atoms with van der Waals surface area (Å²) in [6.07, 6.45) is 6.02. The van der Waals surface area contributed by atoms with Gasteiger partial charge in [-0.05, 0) is 47.9 Å². The Labute approximate surface area is 207 Å². The van der Waals surface area contributed by atoms with Crippen molar-refractivity contribution in [2.24, 2.45) is 0 Å². The van der Waals surface area contributed by atoms with Crippen molar-refractivity contribution in [2.45, 2.75) is 38.6 Å². The molecule has 34 heavy (non-hydrogen) atoms. The van der Waals surface area contributed by atoms with Crippen LogP contribution in [0.25, 0.3) is 0 Å². The highest BCUT2D eigenvalue weighted by atomic mass is 32.2. The summed E-state index contributed by atoms with van der Waals surface area (Å²) in [6, 6.07) is 16.5. The van der Waals surface area contributed by atoms with Crippen LogP contribution in [0.3, 0.4) is 0 Å². The van der Waals surface area contributed by atoms with Crippen LogP contribution in [0, 0.1) is 6.92 Å². The van der Waals surface area contributed by atoms with Gasteiger partial charge in [-0.2, -0.15) is 0 Å². The van der Waals surface area contributed by atoms with Gasteiger partial charge >= 0.3 is 0 Å². The second-order valence-electron chi connectivity index (χ2n) is 7.76. The largest absolute Gasteiger partial charge is 0.497 e. The monoisotopic (exact) mass is 481 g/mol. The lowest BCUT2D eigenvalue weighted by Gasteiger charge is -2.25. The number of aliphatic hydroxyl groups is 1. The Kier molecular flexibility index (Phi) is 12.2. The molecule has 0 fully saturated rings. The van der Waals surface area contributed by atoms with Crippen LogP contribution in [0.4, 0.5) is 0 Å². The van der Waals surface area contributed by atoms with Crippen molar-refractivity contribution in [1.82, 2.24) is 14.3 Å². The van der Waals surface area contributed by atoms with E-state index in [1.807, 2.05) is 55.5 Å². The van der Waals surface area contributed by atoms with E-state index in [2.05, 4.69) is 52.0 Å². The van der Waals surface area contributed by atoms with Gasteiger partial charge in [0, 0.05) is 37.2 Å². The van der Waals surface area contributed by atoms with Gasteiger partial charge in [0.1, 0.15) is 17.3 Å². The van der Waals surface area contributed by atoms with Crippen LogP contribution in [0.15, 0.2) is 73.6 Å². The Bertz CT molecular complexity index is 914. The van der Waals surface area contributed by atoms with Crippen molar-refractivity contribution in [3.05, 3.63) is 96.1 Å². The molecule has 0 saturated carbocycles. The molecule has 0 amide bonds. The van der Waals surface area contributed by atoms with Gasteiger partial charge in [0.2, 0.25) is 0 Å². The van der Waals surface area contributed by atoms with Crippen LogP contribution in [0.1, 0.15) is 29.4 Å². The quantitative estimate of drug-likeness (QED) is 0.296. The van der Waals surface area contributed by atoms with E-state index in [0.29, 0.717) is 5.25 Å². The zero-order chi connectivity index (χ0) is 24.8. The molecule has 2 aromatic carbocycles. The molecule has 182 valence electrons. The Morgan fingerprint density at radius 1 is 0.941 bits per heavy atom. The number of hydrogen-bond donors (Lipinski definition) is 1. The van der Waals surface area contributed by atoms with Crippen LogP contribution in [-0.4, -0.2) is 45.5 Å². The Morgan fingerprint density at radius 2 is 1.38 bits per heavy atom. The van der Waals surface area contributed by atoms with Gasteiger partial charge in [0.05, 0.1) is 20.8 Å². The predicted octanol–water partition coefficient (Wildman–Crippen LogP) is 5.25. The van der Waals surface area contributed by atoms with Gasteiger partial charge in [-0.1, -0.05) is 49.2 Å². The molecule has 1 heterocycles. The number of hydrogen-bond acceptors (Lipinski definition) is 7. The number of methoxy groups -OCH3 is 2. The average molecular weight is 482 g/mol. The summed E-state index contributed by atoms with van der Waals surface area (Å²) in [5, 5.41) is 8.11. The summed E-state index contributed by atoms with van der Waals surface area (Å²) in [5.74, 6) is 2.63. The summed E-state index contributed by atoms with van der Waals surface area (Å²) in [7, 11) is 3.38.